The van der Waals surface area contributed by atoms with Crippen molar-refractivity contribution in [3.63, 3.8) is 0 Å². The Morgan fingerprint density at radius 2 is 1.72 bits per heavy atom. The van der Waals surface area contributed by atoms with E-state index in [9.17, 15) is 4.39 Å². The van der Waals surface area contributed by atoms with Crippen molar-refractivity contribution in [3.8, 4) is 17.2 Å². The lowest BCUT2D eigenvalue weighted by molar-refractivity contribution is 0.630. The molecule has 0 radical (unpaired) electrons. The van der Waals surface area contributed by atoms with E-state index in [-0.39, 0.29) is 5.82 Å². The summed E-state index contributed by atoms with van der Waals surface area (Å²) in [6.45, 7) is 0.389. The van der Waals surface area contributed by atoms with Gasteiger partial charge in [0.1, 0.15) is 5.82 Å². The summed E-state index contributed by atoms with van der Waals surface area (Å²) in [5, 5.41) is 8.59. The van der Waals surface area contributed by atoms with E-state index in [2.05, 4.69) is 6.07 Å². The summed E-state index contributed by atoms with van der Waals surface area (Å²) >= 11 is 0. The van der Waals surface area contributed by atoms with E-state index in [4.69, 9.17) is 11.0 Å². The topological polar surface area (TPSA) is 49.8 Å². The molecule has 90 valence electrons. The standard InChI is InChI=1S/C15H13FN2/c16-15-6-3-12(10-18)9-14(15)13-4-1-11(2-5-13)7-8-17/h1-6,9H,7,10,18H2. The van der Waals surface area contributed by atoms with Gasteiger partial charge in [0.2, 0.25) is 0 Å². The predicted molar refractivity (Wildman–Crippen MR) is 69.0 cm³/mol. The van der Waals surface area contributed by atoms with Gasteiger partial charge < -0.3 is 5.73 Å². The minimum atomic E-state index is -0.264. The lowest BCUT2D eigenvalue weighted by atomic mass is 10.0. The molecule has 0 aromatic heterocycles. The molecule has 3 heteroatoms. The summed E-state index contributed by atoms with van der Waals surface area (Å²) in [6.07, 6.45) is 0.367. The Kier molecular flexibility index (Phi) is 3.71. The maximum Gasteiger partial charge on any atom is 0.131 e. The van der Waals surface area contributed by atoms with Crippen molar-refractivity contribution in [3.05, 3.63) is 59.4 Å². The van der Waals surface area contributed by atoms with Gasteiger partial charge in [-0.1, -0.05) is 30.3 Å². The highest BCUT2D eigenvalue weighted by Gasteiger charge is 2.06. The zero-order chi connectivity index (χ0) is 13.0. The summed E-state index contributed by atoms with van der Waals surface area (Å²) in [5.74, 6) is -0.264. The van der Waals surface area contributed by atoms with Gasteiger partial charge in [0.25, 0.3) is 0 Å². The van der Waals surface area contributed by atoms with Gasteiger partial charge in [-0.2, -0.15) is 5.26 Å². The summed E-state index contributed by atoms with van der Waals surface area (Å²) in [4.78, 5) is 0. The predicted octanol–water partition coefficient (Wildman–Crippen LogP) is 3.02. The van der Waals surface area contributed by atoms with Crippen molar-refractivity contribution < 1.29 is 4.39 Å². The van der Waals surface area contributed by atoms with Gasteiger partial charge in [-0.25, -0.2) is 4.39 Å². The van der Waals surface area contributed by atoms with Crippen LogP contribution in [0.3, 0.4) is 0 Å². The average molecular weight is 240 g/mol. The van der Waals surface area contributed by atoms with Crippen LogP contribution in [0.15, 0.2) is 42.5 Å². The molecule has 0 saturated heterocycles. The van der Waals surface area contributed by atoms with E-state index in [1.807, 2.05) is 24.3 Å². The highest BCUT2D eigenvalue weighted by Crippen LogP contribution is 2.24. The Labute approximate surface area is 105 Å². The van der Waals surface area contributed by atoms with Gasteiger partial charge in [-0.3, -0.25) is 0 Å². The normalized spacial score (nSPS) is 10.1. The molecule has 0 unspecified atom stereocenters. The van der Waals surface area contributed by atoms with Crippen molar-refractivity contribution >= 4 is 0 Å². The smallest absolute Gasteiger partial charge is 0.131 e. The van der Waals surface area contributed by atoms with E-state index < -0.39 is 0 Å². The van der Waals surface area contributed by atoms with Crippen LogP contribution in [-0.2, 0) is 13.0 Å². The highest BCUT2D eigenvalue weighted by molar-refractivity contribution is 5.65. The Morgan fingerprint density at radius 1 is 1.06 bits per heavy atom. The molecule has 2 aromatic rings. The number of nitriles is 1. The molecule has 2 rings (SSSR count). The van der Waals surface area contributed by atoms with E-state index in [0.29, 0.717) is 18.5 Å². The minimum Gasteiger partial charge on any atom is -0.326 e. The van der Waals surface area contributed by atoms with Crippen LogP contribution in [0.2, 0.25) is 0 Å². The second kappa shape index (κ2) is 5.44. The van der Waals surface area contributed by atoms with Gasteiger partial charge in [0.05, 0.1) is 12.5 Å². The Bertz CT molecular complexity index is 582. The number of hydrogen-bond acceptors (Lipinski definition) is 2. The summed E-state index contributed by atoms with van der Waals surface area (Å²) < 4.78 is 13.7. The first-order valence-electron chi connectivity index (χ1n) is 5.69. The molecule has 0 amide bonds. The molecule has 0 spiro atoms. The van der Waals surface area contributed by atoms with Crippen molar-refractivity contribution in [2.75, 3.05) is 0 Å². The number of halogens is 1. The van der Waals surface area contributed by atoms with Crippen LogP contribution in [0, 0.1) is 17.1 Å². The molecule has 0 saturated carbocycles. The third kappa shape index (κ3) is 2.55. The quantitative estimate of drug-likeness (QED) is 0.896. The minimum absolute atomic E-state index is 0.264. The SMILES string of the molecule is N#CCc1ccc(-c2cc(CN)ccc2F)cc1. The Morgan fingerprint density at radius 3 is 2.33 bits per heavy atom. The van der Waals surface area contributed by atoms with Crippen LogP contribution in [0.5, 0.6) is 0 Å². The van der Waals surface area contributed by atoms with Crippen LogP contribution in [0.4, 0.5) is 4.39 Å². The monoisotopic (exact) mass is 240 g/mol. The maximum atomic E-state index is 13.7. The number of rotatable bonds is 3. The Hall–Kier alpha value is -2.18. The Balaban J connectivity index is 2.39. The average Bonchev–Trinajstić information content (AvgIpc) is 2.41. The van der Waals surface area contributed by atoms with Gasteiger partial charge in [0, 0.05) is 12.1 Å². The molecule has 0 bridgehead atoms. The van der Waals surface area contributed by atoms with E-state index in [0.717, 1.165) is 16.7 Å². The van der Waals surface area contributed by atoms with Gasteiger partial charge in [-0.15, -0.1) is 0 Å². The second-order valence-electron chi connectivity index (χ2n) is 4.05. The molecule has 0 atom stereocenters. The van der Waals surface area contributed by atoms with Crippen molar-refractivity contribution in [2.24, 2.45) is 5.73 Å². The zero-order valence-electron chi connectivity index (χ0n) is 9.86. The number of hydrogen-bond donors (Lipinski definition) is 1. The van der Waals surface area contributed by atoms with E-state index in [1.165, 1.54) is 6.07 Å². The first-order valence-corrected chi connectivity index (χ1v) is 5.69. The molecule has 2 nitrogen and oxygen atoms in total. The van der Waals surface area contributed by atoms with Crippen molar-refractivity contribution in [2.45, 2.75) is 13.0 Å². The number of nitrogens with two attached hydrogens (primary N) is 1. The molecule has 0 aliphatic rings. The molecule has 0 aliphatic carbocycles. The fourth-order valence-electron chi connectivity index (χ4n) is 1.81. The van der Waals surface area contributed by atoms with Crippen LogP contribution < -0.4 is 5.73 Å². The highest BCUT2D eigenvalue weighted by atomic mass is 19.1. The molecule has 2 aromatic carbocycles. The molecule has 0 fully saturated rings. The lowest BCUT2D eigenvalue weighted by Crippen LogP contribution is -1.97. The maximum absolute atomic E-state index is 13.7. The zero-order valence-corrected chi connectivity index (χ0v) is 9.86. The van der Waals surface area contributed by atoms with Crippen LogP contribution in [-0.4, -0.2) is 0 Å². The van der Waals surface area contributed by atoms with Gasteiger partial charge >= 0.3 is 0 Å². The molecule has 0 heterocycles. The van der Waals surface area contributed by atoms with E-state index in [1.54, 1.807) is 12.1 Å². The first kappa shape index (κ1) is 12.3. The van der Waals surface area contributed by atoms with Gasteiger partial charge in [0.15, 0.2) is 0 Å². The van der Waals surface area contributed by atoms with Crippen LogP contribution >= 0.6 is 0 Å². The molecule has 2 N–H and O–H groups in total. The van der Waals surface area contributed by atoms with Crippen LogP contribution in [0.1, 0.15) is 11.1 Å². The third-order valence-electron chi connectivity index (χ3n) is 2.81. The molecular weight excluding hydrogens is 227 g/mol. The van der Waals surface area contributed by atoms with E-state index >= 15 is 0 Å². The largest absolute Gasteiger partial charge is 0.326 e. The molecular formula is C15H13FN2. The fraction of sp³-hybridized carbons (Fsp3) is 0.133. The second-order valence-corrected chi connectivity index (χ2v) is 4.05. The summed E-state index contributed by atoms with van der Waals surface area (Å²) in [6, 6.07) is 14.3. The summed E-state index contributed by atoms with van der Waals surface area (Å²) in [7, 11) is 0. The molecule has 18 heavy (non-hydrogen) atoms. The summed E-state index contributed by atoms with van der Waals surface area (Å²) in [5.41, 5.74) is 8.71. The van der Waals surface area contributed by atoms with Crippen molar-refractivity contribution in [1.29, 1.82) is 5.26 Å². The molecule has 0 aliphatic heterocycles. The van der Waals surface area contributed by atoms with Crippen LogP contribution in [0.25, 0.3) is 11.1 Å². The fourth-order valence-corrected chi connectivity index (χ4v) is 1.81. The number of benzene rings is 2. The lowest BCUT2D eigenvalue weighted by Gasteiger charge is -2.06. The van der Waals surface area contributed by atoms with Gasteiger partial charge in [-0.05, 0) is 28.8 Å². The number of nitrogens with zero attached hydrogens (tertiary/aromatic N) is 1. The third-order valence-corrected chi connectivity index (χ3v) is 2.81. The first-order chi connectivity index (χ1) is 8.74. The van der Waals surface area contributed by atoms with Crippen molar-refractivity contribution in [1.82, 2.24) is 0 Å².